The summed E-state index contributed by atoms with van der Waals surface area (Å²) in [7, 11) is -3.77. The Morgan fingerprint density at radius 3 is 2.38 bits per heavy atom. The lowest BCUT2D eigenvalue weighted by Gasteiger charge is -2.34. The summed E-state index contributed by atoms with van der Waals surface area (Å²) in [6.45, 7) is 4.23. The third-order valence-electron chi connectivity index (χ3n) is 5.46. The molecule has 0 aliphatic carbocycles. The van der Waals surface area contributed by atoms with E-state index < -0.39 is 14.9 Å². The van der Waals surface area contributed by atoms with Crippen LogP contribution in [-0.4, -0.2) is 47.2 Å². The smallest absolute Gasteiger partial charge is 0.269 e. The first-order valence-electron chi connectivity index (χ1n) is 9.72. The zero-order valence-corrected chi connectivity index (χ0v) is 17.1. The third-order valence-corrected chi connectivity index (χ3v) is 7.32. The molecule has 10 heteroatoms. The number of nitrogens with zero attached hydrogens (tertiary/aromatic N) is 5. The van der Waals surface area contributed by atoms with Gasteiger partial charge in [-0.3, -0.25) is 10.1 Å². The second kappa shape index (κ2) is 7.68. The summed E-state index contributed by atoms with van der Waals surface area (Å²) in [4.78, 5) is 21.8. The number of piperidine rings is 1. The quantitative estimate of drug-likeness (QED) is 0.555. The molecule has 2 aliphatic rings. The van der Waals surface area contributed by atoms with Gasteiger partial charge in [-0.1, -0.05) is 0 Å². The summed E-state index contributed by atoms with van der Waals surface area (Å²) in [6.07, 6.45) is 3.92. The van der Waals surface area contributed by atoms with Crippen molar-refractivity contribution in [1.82, 2.24) is 14.3 Å². The fraction of sp³-hybridized carbons (Fsp3) is 0.474. The van der Waals surface area contributed by atoms with Crippen molar-refractivity contribution in [2.24, 2.45) is 0 Å². The molecule has 3 heterocycles. The number of nitro benzene ring substituents is 1. The number of hydrogen-bond donors (Lipinski definition) is 0. The minimum absolute atomic E-state index is 0.0547. The Morgan fingerprint density at radius 2 is 1.72 bits per heavy atom. The molecular weight excluding hydrogens is 394 g/mol. The van der Waals surface area contributed by atoms with Crippen molar-refractivity contribution >= 4 is 21.5 Å². The van der Waals surface area contributed by atoms with Crippen LogP contribution in [0.1, 0.15) is 36.3 Å². The van der Waals surface area contributed by atoms with E-state index in [0.29, 0.717) is 18.8 Å². The Balaban J connectivity index is 1.66. The van der Waals surface area contributed by atoms with Gasteiger partial charge < -0.3 is 4.90 Å². The number of aryl methyl sites for hydroxylation is 1. The zero-order chi connectivity index (χ0) is 20.6. The lowest BCUT2D eigenvalue weighted by atomic mass is 10.1. The number of fused-ring (bicyclic) bond motifs is 1. The van der Waals surface area contributed by atoms with Crippen LogP contribution in [-0.2, 0) is 23.0 Å². The molecule has 1 aromatic heterocycles. The summed E-state index contributed by atoms with van der Waals surface area (Å²) >= 11 is 0. The highest BCUT2D eigenvalue weighted by Crippen LogP contribution is 2.31. The fourth-order valence-electron chi connectivity index (χ4n) is 3.95. The summed E-state index contributed by atoms with van der Waals surface area (Å²) in [5.41, 5.74) is 1.65. The summed E-state index contributed by atoms with van der Waals surface area (Å²) in [5, 5.41) is 10.8. The van der Waals surface area contributed by atoms with E-state index in [1.54, 1.807) is 0 Å². The Bertz CT molecular complexity index is 1030. The van der Waals surface area contributed by atoms with Crippen molar-refractivity contribution in [3.8, 4) is 0 Å². The average molecular weight is 417 g/mol. The number of aromatic nitrogens is 2. The van der Waals surface area contributed by atoms with Gasteiger partial charge in [0.1, 0.15) is 11.6 Å². The topological polar surface area (TPSA) is 110 Å². The van der Waals surface area contributed by atoms with E-state index in [4.69, 9.17) is 0 Å². The van der Waals surface area contributed by atoms with Crippen LogP contribution >= 0.6 is 0 Å². The zero-order valence-electron chi connectivity index (χ0n) is 16.2. The van der Waals surface area contributed by atoms with Crippen molar-refractivity contribution in [2.45, 2.75) is 44.0 Å². The monoisotopic (exact) mass is 417 g/mol. The van der Waals surface area contributed by atoms with Crippen LogP contribution in [0.4, 0.5) is 11.5 Å². The molecule has 0 atom stereocenters. The van der Waals surface area contributed by atoms with E-state index >= 15 is 0 Å². The molecule has 1 aromatic carbocycles. The lowest BCUT2D eigenvalue weighted by Crippen LogP contribution is -2.39. The maximum Gasteiger partial charge on any atom is 0.269 e. The molecule has 0 unspecified atom stereocenters. The molecule has 154 valence electrons. The summed E-state index contributed by atoms with van der Waals surface area (Å²) < 4.78 is 27.7. The van der Waals surface area contributed by atoms with Crippen LogP contribution in [0.5, 0.6) is 0 Å². The minimum Gasteiger partial charge on any atom is -0.356 e. The molecular formula is C19H23N5O4S. The standard InChI is InChI=1S/C19H23N5O4S/c1-14-20-18-9-12-23(13-17(18)19(21-14)22-10-3-2-4-11-22)29(27,28)16-7-5-15(6-8-16)24(25)26/h5-8H,2-4,9-13H2,1H3. The molecule has 0 radical (unpaired) electrons. The maximum atomic E-state index is 13.1. The van der Waals surface area contributed by atoms with E-state index in [0.717, 1.165) is 43.0 Å². The van der Waals surface area contributed by atoms with Crippen molar-refractivity contribution in [2.75, 3.05) is 24.5 Å². The molecule has 0 spiro atoms. The molecule has 0 N–H and O–H groups in total. The molecule has 2 aliphatic heterocycles. The van der Waals surface area contributed by atoms with Gasteiger partial charge in [-0.05, 0) is 38.3 Å². The van der Waals surface area contributed by atoms with E-state index in [1.165, 1.54) is 35.0 Å². The molecule has 29 heavy (non-hydrogen) atoms. The lowest BCUT2D eigenvalue weighted by molar-refractivity contribution is -0.384. The first-order valence-corrected chi connectivity index (χ1v) is 11.2. The van der Waals surface area contributed by atoms with Gasteiger partial charge in [0.05, 0.1) is 15.5 Å². The van der Waals surface area contributed by atoms with Gasteiger partial charge in [0.15, 0.2) is 0 Å². The van der Waals surface area contributed by atoms with Gasteiger partial charge >= 0.3 is 0 Å². The van der Waals surface area contributed by atoms with Crippen molar-refractivity contribution in [1.29, 1.82) is 0 Å². The van der Waals surface area contributed by atoms with Gasteiger partial charge in [-0.25, -0.2) is 18.4 Å². The second-order valence-electron chi connectivity index (χ2n) is 7.41. The highest BCUT2D eigenvalue weighted by atomic mass is 32.2. The van der Waals surface area contributed by atoms with E-state index in [-0.39, 0.29) is 17.1 Å². The number of rotatable bonds is 4. The third kappa shape index (κ3) is 3.82. The normalized spacial score (nSPS) is 17.8. The first kappa shape index (κ1) is 19.7. The Labute approximate surface area is 169 Å². The number of anilines is 1. The number of nitro groups is 1. The SMILES string of the molecule is Cc1nc2c(c(N3CCCCC3)n1)CN(S(=O)(=O)c1ccc([N+](=O)[O-])cc1)CC2. The van der Waals surface area contributed by atoms with Crippen LogP contribution in [0.3, 0.4) is 0 Å². The minimum atomic E-state index is -3.77. The number of sulfonamides is 1. The van der Waals surface area contributed by atoms with Crippen molar-refractivity contribution in [3.05, 3.63) is 51.5 Å². The molecule has 4 rings (SSSR count). The van der Waals surface area contributed by atoms with Crippen LogP contribution in [0, 0.1) is 17.0 Å². The van der Waals surface area contributed by atoms with Crippen molar-refractivity contribution in [3.63, 3.8) is 0 Å². The van der Waals surface area contributed by atoms with Crippen LogP contribution in [0.15, 0.2) is 29.2 Å². The predicted molar refractivity (Wildman–Crippen MR) is 107 cm³/mol. The van der Waals surface area contributed by atoms with E-state index in [2.05, 4.69) is 14.9 Å². The molecule has 1 saturated heterocycles. The first-order chi connectivity index (χ1) is 13.9. The summed E-state index contributed by atoms with van der Waals surface area (Å²) in [6, 6.07) is 5.02. The molecule has 0 bridgehead atoms. The Hall–Kier alpha value is -2.59. The fourth-order valence-corrected chi connectivity index (χ4v) is 5.36. The number of non-ortho nitro benzene ring substituents is 1. The van der Waals surface area contributed by atoms with E-state index in [1.807, 2.05) is 6.92 Å². The Kier molecular flexibility index (Phi) is 5.22. The van der Waals surface area contributed by atoms with E-state index in [9.17, 15) is 18.5 Å². The Morgan fingerprint density at radius 1 is 1.03 bits per heavy atom. The van der Waals surface area contributed by atoms with Crippen molar-refractivity contribution < 1.29 is 13.3 Å². The van der Waals surface area contributed by atoms with Gasteiger partial charge in [-0.2, -0.15) is 4.31 Å². The molecule has 0 saturated carbocycles. The highest BCUT2D eigenvalue weighted by molar-refractivity contribution is 7.89. The van der Waals surface area contributed by atoms with Gasteiger partial charge in [0.25, 0.3) is 5.69 Å². The number of benzene rings is 1. The molecule has 0 amide bonds. The predicted octanol–water partition coefficient (Wildman–Crippen LogP) is 2.43. The molecule has 1 fully saturated rings. The average Bonchev–Trinajstić information content (AvgIpc) is 2.73. The molecule has 2 aromatic rings. The van der Waals surface area contributed by atoms with Crippen LogP contribution in [0.2, 0.25) is 0 Å². The largest absolute Gasteiger partial charge is 0.356 e. The van der Waals surface area contributed by atoms with Crippen LogP contribution < -0.4 is 4.90 Å². The second-order valence-corrected chi connectivity index (χ2v) is 9.34. The summed E-state index contributed by atoms with van der Waals surface area (Å²) in [5.74, 6) is 1.55. The van der Waals surface area contributed by atoms with Gasteiger partial charge in [0.2, 0.25) is 10.0 Å². The maximum absolute atomic E-state index is 13.1. The van der Waals surface area contributed by atoms with Gasteiger partial charge in [-0.15, -0.1) is 0 Å². The highest BCUT2D eigenvalue weighted by Gasteiger charge is 2.32. The van der Waals surface area contributed by atoms with Crippen LogP contribution in [0.25, 0.3) is 0 Å². The number of hydrogen-bond acceptors (Lipinski definition) is 7. The van der Waals surface area contributed by atoms with Gasteiger partial charge in [0, 0.05) is 50.3 Å². The molecule has 9 nitrogen and oxygen atoms in total.